The molecule has 3 aromatic rings. The van der Waals surface area contributed by atoms with E-state index in [0.717, 1.165) is 11.1 Å². The maximum Gasteiger partial charge on any atom is 0.307 e. The van der Waals surface area contributed by atoms with E-state index < -0.39 is 16.0 Å². The summed E-state index contributed by atoms with van der Waals surface area (Å²) in [6.45, 7) is 1.61. The standard InChI is InChI=1S/C19H19N3O5S/c1-14-7-9-16(10-8-14)28(24,25)20-12-11-18(23)26-13-17-21-22-19(27-17)15-5-3-2-4-6-15/h2-10,20H,11-13H2,1H3. The zero-order valence-electron chi connectivity index (χ0n) is 15.2. The van der Waals surface area contributed by atoms with E-state index in [2.05, 4.69) is 14.9 Å². The van der Waals surface area contributed by atoms with Crippen LogP contribution in [-0.4, -0.2) is 31.1 Å². The molecule has 146 valence electrons. The van der Waals surface area contributed by atoms with Crippen LogP contribution in [0.1, 0.15) is 17.9 Å². The van der Waals surface area contributed by atoms with Crippen molar-refractivity contribution >= 4 is 16.0 Å². The molecule has 0 aliphatic rings. The van der Waals surface area contributed by atoms with Crippen LogP contribution in [0.15, 0.2) is 63.9 Å². The molecule has 28 heavy (non-hydrogen) atoms. The summed E-state index contributed by atoms with van der Waals surface area (Å²) < 4.78 is 37.1. The van der Waals surface area contributed by atoms with E-state index in [0.29, 0.717) is 5.89 Å². The number of rotatable bonds is 8. The molecule has 1 aromatic heterocycles. The van der Waals surface area contributed by atoms with Crippen LogP contribution in [0, 0.1) is 6.92 Å². The van der Waals surface area contributed by atoms with Crippen LogP contribution < -0.4 is 4.72 Å². The van der Waals surface area contributed by atoms with E-state index in [1.807, 2.05) is 37.3 Å². The van der Waals surface area contributed by atoms with Gasteiger partial charge >= 0.3 is 5.97 Å². The molecule has 3 rings (SSSR count). The Morgan fingerprint density at radius 2 is 1.79 bits per heavy atom. The fourth-order valence-electron chi connectivity index (χ4n) is 2.31. The van der Waals surface area contributed by atoms with Gasteiger partial charge in [-0.25, -0.2) is 13.1 Å². The second-order valence-electron chi connectivity index (χ2n) is 5.99. The molecule has 0 saturated heterocycles. The summed E-state index contributed by atoms with van der Waals surface area (Å²) >= 11 is 0. The lowest BCUT2D eigenvalue weighted by Crippen LogP contribution is -2.26. The van der Waals surface area contributed by atoms with Gasteiger partial charge in [-0.2, -0.15) is 0 Å². The number of carbonyl (C=O) groups is 1. The van der Waals surface area contributed by atoms with Crippen LogP contribution in [0.3, 0.4) is 0 Å². The van der Waals surface area contributed by atoms with Crippen LogP contribution in [0.25, 0.3) is 11.5 Å². The molecule has 2 aromatic carbocycles. The van der Waals surface area contributed by atoms with E-state index in [1.165, 1.54) is 12.1 Å². The zero-order chi connectivity index (χ0) is 20.0. The molecule has 0 fully saturated rings. The molecule has 0 bridgehead atoms. The predicted molar refractivity (Wildman–Crippen MR) is 101 cm³/mol. The lowest BCUT2D eigenvalue weighted by Gasteiger charge is -2.07. The van der Waals surface area contributed by atoms with E-state index in [4.69, 9.17) is 9.15 Å². The largest absolute Gasteiger partial charge is 0.456 e. The van der Waals surface area contributed by atoms with Crippen molar-refractivity contribution in [3.63, 3.8) is 0 Å². The lowest BCUT2D eigenvalue weighted by molar-refractivity contribution is -0.145. The number of hydrogen-bond acceptors (Lipinski definition) is 7. The Morgan fingerprint density at radius 3 is 2.50 bits per heavy atom. The maximum absolute atomic E-state index is 12.1. The third kappa shape index (κ3) is 5.24. The number of aryl methyl sites for hydroxylation is 1. The first kappa shape index (κ1) is 19.7. The molecule has 0 atom stereocenters. The van der Waals surface area contributed by atoms with Crippen molar-refractivity contribution in [3.8, 4) is 11.5 Å². The van der Waals surface area contributed by atoms with Gasteiger partial charge in [-0.05, 0) is 31.2 Å². The van der Waals surface area contributed by atoms with Gasteiger partial charge in [0.2, 0.25) is 15.9 Å². The highest BCUT2D eigenvalue weighted by Gasteiger charge is 2.15. The molecule has 1 heterocycles. The van der Waals surface area contributed by atoms with E-state index in [-0.39, 0.29) is 30.4 Å². The SMILES string of the molecule is Cc1ccc(S(=O)(=O)NCCC(=O)OCc2nnc(-c3ccccc3)o2)cc1. The average molecular weight is 401 g/mol. The van der Waals surface area contributed by atoms with E-state index in [9.17, 15) is 13.2 Å². The topological polar surface area (TPSA) is 111 Å². The van der Waals surface area contributed by atoms with E-state index in [1.54, 1.807) is 12.1 Å². The molecule has 0 saturated carbocycles. The summed E-state index contributed by atoms with van der Waals surface area (Å²) in [5.74, 6) is -0.0870. The molecule has 0 radical (unpaired) electrons. The quantitative estimate of drug-likeness (QED) is 0.577. The Labute approximate surface area is 162 Å². The van der Waals surface area contributed by atoms with Crippen molar-refractivity contribution in [1.82, 2.24) is 14.9 Å². The highest BCUT2D eigenvalue weighted by atomic mass is 32.2. The van der Waals surface area contributed by atoms with Crippen LogP contribution in [-0.2, 0) is 26.2 Å². The molecule has 0 aliphatic carbocycles. The number of hydrogen-bond donors (Lipinski definition) is 1. The Morgan fingerprint density at radius 1 is 1.07 bits per heavy atom. The van der Waals surface area contributed by atoms with Crippen LogP contribution in [0.4, 0.5) is 0 Å². The molecule has 1 N–H and O–H groups in total. The van der Waals surface area contributed by atoms with Crippen molar-refractivity contribution in [2.45, 2.75) is 24.8 Å². The summed E-state index contributed by atoms with van der Waals surface area (Å²) in [6.07, 6.45) is -0.120. The molecule has 0 amide bonds. The molecule has 9 heteroatoms. The molecular formula is C19H19N3O5S. The number of esters is 1. The Balaban J connectivity index is 1.45. The fourth-order valence-corrected chi connectivity index (χ4v) is 3.34. The van der Waals surface area contributed by atoms with E-state index >= 15 is 0 Å². The summed E-state index contributed by atoms with van der Waals surface area (Å²) in [5, 5.41) is 7.72. The zero-order valence-corrected chi connectivity index (χ0v) is 16.0. The third-order valence-corrected chi connectivity index (χ3v) is 5.27. The Bertz CT molecular complexity index is 1030. The monoisotopic (exact) mass is 401 g/mol. The van der Waals surface area contributed by atoms with Gasteiger partial charge in [-0.15, -0.1) is 10.2 Å². The number of ether oxygens (including phenoxy) is 1. The highest BCUT2D eigenvalue weighted by Crippen LogP contribution is 2.17. The summed E-state index contributed by atoms with van der Waals surface area (Å²) in [4.78, 5) is 12.0. The van der Waals surface area contributed by atoms with Gasteiger partial charge in [0, 0.05) is 12.1 Å². The number of carbonyl (C=O) groups excluding carboxylic acids is 1. The van der Waals surface area contributed by atoms with Crippen molar-refractivity contribution in [2.75, 3.05) is 6.54 Å². The first-order valence-electron chi connectivity index (χ1n) is 8.54. The Kier molecular flexibility index (Phi) is 6.17. The normalized spacial score (nSPS) is 11.3. The smallest absolute Gasteiger partial charge is 0.307 e. The third-order valence-electron chi connectivity index (χ3n) is 3.80. The van der Waals surface area contributed by atoms with Gasteiger partial charge in [0.25, 0.3) is 5.89 Å². The fraction of sp³-hybridized carbons (Fsp3) is 0.211. The summed E-state index contributed by atoms with van der Waals surface area (Å²) in [5.41, 5.74) is 1.72. The van der Waals surface area contributed by atoms with Gasteiger partial charge in [-0.1, -0.05) is 35.9 Å². The number of nitrogens with zero attached hydrogens (tertiary/aromatic N) is 2. The predicted octanol–water partition coefficient (Wildman–Crippen LogP) is 2.46. The molecule has 0 aliphatic heterocycles. The van der Waals surface area contributed by atoms with Gasteiger partial charge in [0.05, 0.1) is 11.3 Å². The van der Waals surface area contributed by atoms with Gasteiger partial charge in [0.15, 0.2) is 6.61 Å². The molecule has 8 nitrogen and oxygen atoms in total. The van der Waals surface area contributed by atoms with Crippen molar-refractivity contribution in [3.05, 3.63) is 66.1 Å². The number of benzene rings is 2. The first-order chi connectivity index (χ1) is 13.4. The van der Waals surface area contributed by atoms with Crippen molar-refractivity contribution < 1.29 is 22.4 Å². The number of sulfonamides is 1. The van der Waals surface area contributed by atoms with Gasteiger partial charge < -0.3 is 9.15 Å². The number of nitrogens with one attached hydrogen (secondary N) is 1. The minimum Gasteiger partial charge on any atom is -0.456 e. The molecular weight excluding hydrogens is 382 g/mol. The van der Waals surface area contributed by atoms with Crippen molar-refractivity contribution in [1.29, 1.82) is 0 Å². The summed E-state index contributed by atoms with van der Waals surface area (Å²) in [6, 6.07) is 15.6. The highest BCUT2D eigenvalue weighted by molar-refractivity contribution is 7.89. The second-order valence-corrected chi connectivity index (χ2v) is 7.76. The Hall–Kier alpha value is -3.04. The van der Waals surface area contributed by atoms with Crippen LogP contribution in [0.5, 0.6) is 0 Å². The molecule has 0 spiro atoms. The maximum atomic E-state index is 12.1. The van der Waals surface area contributed by atoms with Crippen LogP contribution >= 0.6 is 0 Å². The first-order valence-corrected chi connectivity index (χ1v) is 10.0. The van der Waals surface area contributed by atoms with Gasteiger partial charge in [0.1, 0.15) is 0 Å². The number of aromatic nitrogens is 2. The van der Waals surface area contributed by atoms with Gasteiger partial charge in [-0.3, -0.25) is 4.79 Å². The molecule has 0 unspecified atom stereocenters. The minimum atomic E-state index is -3.67. The van der Waals surface area contributed by atoms with Crippen LogP contribution in [0.2, 0.25) is 0 Å². The lowest BCUT2D eigenvalue weighted by atomic mass is 10.2. The van der Waals surface area contributed by atoms with Crippen molar-refractivity contribution in [2.24, 2.45) is 0 Å². The minimum absolute atomic E-state index is 0.0753. The second kappa shape index (κ2) is 8.77. The average Bonchev–Trinajstić information content (AvgIpc) is 3.16. The summed E-state index contributed by atoms with van der Waals surface area (Å²) in [7, 11) is -3.67.